The molecule has 0 bridgehead atoms. The molecule has 1 heterocycles. The predicted molar refractivity (Wildman–Crippen MR) is 41.6 cm³/mol. The van der Waals surface area contributed by atoms with Crippen LogP contribution < -0.4 is 0 Å². The van der Waals surface area contributed by atoms with Crippen molar-refractivity contribution in [3.05, 3.63) is 18.0 Å². The van der Waals surface area contributed by atoms with Gasteiger partial charge in [0.2, 0.25) is 0 Å². The van der Waals surface area contributed by atoms with E-state index in [9.17, 15) is 4.79 Å². The summed E-state index contributed by atoms with van der Waals surface area (Å²) in [6.07, 6.45) is 1.34. The van der Waals surface area contributed by atoms with Crippen LogP contribution in [-0.4, -0.2) is 17.7 Å². The maximum atomic E-state index is 11.1. The Morgan fingerprint density at radius 1 is 1.75 bits per heavy atom. The molecule has 0 aliphatic rings. The van der Waals surface area contributed by atoms with E-state index in [2.05, 4.69) is 9.68 Å². The first-order valence-corrected chi connectivity index (χ1v) is 3.77. The highest BCUT2D eigenvalue weighted by atomic mass is 16.5. The van der Waals surface area contributed by atoms with Crippen molar-refractivity contribution >= 4 is 5.97 Å². The van der Waals surface area contributed by atoms with E-state index in [0.717, 1.165) is 0 Å². The molecule has 4 nitrogen and oxygen atoms in total. The molecule has 0 radical (unpaired) electrons. The monoisotopic (exact) mass is 169 g/mol. The zero-order valence-corrected chi connectivity index (χ0v) is 7.11. The van der Waals surface area contributed by atoms with Gasteiger partial charge in [-0.2, -0.15) is 0 Å². The molecule has 1 aromatic rings. The first kappa shape index (κ1) is 8.77. The summed E-state index contributed by atoms with van der Waals surface area (Å²) >= 11 is 0. The van der Waals surface area contributed by atoms with Gasteiger partial charge in [-0.25, -0.2) is 4.79 Å². The Morgan fingerprint density at radius 2 is 2.50 bits per heavy atom. The lowest BCUT2D eigenvalue weighted by Gasteiger charge is -2.03. The van der Waals surface area contributed by atoms with Crippen molar-refractivity contribution in [2.24, 2.45) is 5.92 Å². The Bertz CT molecular complexity index is 241. The Kier molecular flexibility index (Phi) is 2.85. The molecule has 0 saturated heterocycles. The van der Waals surface area contributed by atoms with Crippen LogP contribution in [0.1, 0.15) is 24.3 Å². The van der Waals surface area contributed by atoms with Gasteiger partial charge in [0.1, 0.15) is 6.26 Å². The zero-order valence-electron chi connectivity index (χ0n) is 7.11. The van der Waals surface area contributed by atoms with Crippen molar-refractivity contribution in [1.29, 1.82) is 0 Å². The van der Waals surface area contributed by atoms with Crippen LogP contribution in [0.5, 0.6) is 0 Å². The van der Waals surface area contributed by atoms with Crippen LogP contribution in [0.3, 0.4) is 0 Å². The number of carbonyl (C=O) groups is 1. The first-order chi connectivity index (χ1) is 5.70. The minimum atomic E-state index is -0.433. The Morgan fingerprint density at radius 3 is 3.00 bits per heavy atom. The maximum absolute atomic E-state index is 11.1. The van der Waals surface area contributed by atoms with Crippen molar-refractivity contribution in [2.45, 2.75) is 13.8 Å². The van der Waals surface area contributed by atoms with Gasteiger partial charge < -0.3 is 9.26 Å². The molecule has 0 aromatic carbocycles. The van der Waals surface area contributed by atoms with E-state index in [4.69, 9.17) is 4.74 Å². The Labute approximate surface area is 70.5 Å². The smallest absolute Gasteiger partial charge is 0.360 e. The number of ether oxygens (including phenoxy) is 1. The molecular formula is C8H11NO3. The number of esters is 1. The average Bonchev–Trinajstić information content (AvgIpc) is 2.51. The summed E-state index contributed by atoms with van der Waals surface area (Å²) < 4.78 is 9.38. The zero-order chi connectivity index (χ0) is 8.97. The summed E-state index contributed by atoms with van der Waals surface area (Å²) in [7, 11) is 0. The van der Waals surface area contributed by atoms with Crippen LogP contribution in [0, 0.1) is 5.92 Å². The largest absolute Gasteiger partial charge is 0.461 e. The van der Waals surface area contributed by atoms with Crippen LogP contribution in [0.25, 0.3) is 0 Å². The molecule has 66 valence electrons. The molecule has 0 atom stereocenters. The standard InChI is InChI=1S/C8H11NO3/c1-6(2)5-11-8(10)7-3-4-12-9-7/h3-4,6H,5H2,1-2H3. The summed E-state index contributed by atoms with van der Waals surface area (Å²) in [4.78, 5) is 11.1. The molecule has 0 unspecified atom stereocenters. The van der Waals surface area contributed by atoms with Gasteiger partial charge in [0.05, 0.1) is 6.61 Å². The fourth-order valence-corrected chi connectivity index (χ4v) is 0.634. The Balaban J connectivity index is 2.40. The molecular weight excluding hydrogens is 158 g/mol. The highest BCUT2D eigenvalue weighted by Gasteiger charge is 2.10. The summed E-state index contributed by atoms with van der Waals surface area (Å²) in [5, 5.41) is 3.44. The van der Waals surface area contributed by atoms with Gasteiger partial charge in [0.15, 0.2) is 5.69 Å². The maximum Gasteiger partial charge on any atom is 0.360 e. The van der Waals surface area contributed by atoms with Crippen LogP contribution in [0.4, 0.5) is 0 Å². The molecule has 0 spiro atoms. The number of aromatic nitrogens is 1. The van der Waals surface area contributed by atoms with E-state index in [1.165, 1.54) is 12.3 Å². The highest BCUT2D eigenvalue weighted by Crippen LogP contribution is 2.00. The lowest BCUT2D eigenvalue weighted by atomic mass is 10.2. The second-order valence-corrected chi connectivity index (χ2v) is 2.88. The van der Waals surface area contributed by atoms with E-state index in [0.29, 0.717) is 12.5 Å². The second kappa shape index (κ2) is 3.90. The summed E-state index contributed by atoms with van der Waals surface area (Å²) in [5.41, 5.74) is 0.218. The summed E-state index contributed by atoms with van der Waals surface area (Å²) in [6, 6.07) is 1.47. The van der Waals surface area contributed by atoms with Crippen LogP contribution in [-0.2, 0) is 4.74 Å². The van der Waals surface area contributed by atoms with Gasteiger partial charge in [-0.1, -0.05) is 19.0 Å². The van der Waals surface area contributed by atoms with Crippen LogP contribution >= 0.6 is 0 Å². The third-order valence-corrected chi connectivity index (χ3v) is 1.19. The SMILES string of the molecule is CC(C)COC(=O)c1ccon1. The normalized spacial score (nSPS) is 10.2. The third-order valence-electron chi connectivity index (χ3n) is 1.19. The lowest BCUT2D eigenvalue weighted by Crippen LogP contribution is -2.10. The summed E-state index contributed by atoms with van der Waals surface area (Å²) in [5.74, 6) is -0.0988. The van der Waals surface area contributed by atoms with Gasteiger partial charge >= 0.3 is 5.97 Å². The number of hydrogen-bond donors (Lipinski definition) is 0. The number of hydrogen-bond acceptors (Lipinski definition) is 4. The molecule has 0 N–H and O–H groups in total. The topological polar surface area (TPSA) is 52.3 Å². The quantitative estimate of drug-likeness (QED) is 0.643. The number of rotatable bonds is 3. The molecule has 0 amide bonds. The van der Waals surface area contributed by atoms with E-state index in [1.807, 2.05) is 13.8 Å². The molecule has 1 rings (SSSR count). The van der Waals surface area contributed by atoms with Crippen molar-refractivity contribution in [1.82, 2.24) is 5.16 Å². The third kappa shape index (κ3) is 2.38. The van der Waals surface area contributed by atoms with Crippen LogP contribution in [0.15, 0.2) is 16.9 Å². The van der Waals surface area contributed by atoms with Gasteiger partial charge in [-0.05, 0) is 5.92 Å². The van der Waals surface area contributed by atoms with Crippen molar-refractivity contribution in [2.75, 3.05) is 6.61 Å². The van der Waals surface area contributed by atoms with E-state index >= 15 is 0 Å². The molecule has 0 aliphatic heterocycles. The number of carbonyl (C=O) groups excluding carboxylic acids is 1. The van der Waals surface area contributed by atoms with Crippen molar-refractivity contribution in [3.63, 3.8) is 0 Å². The average molecular weight is 169 g/mol. The predicted octanol–water partition coefficient (Wildman–Crippen LogP) is 1.49. The first-order valence-electron chi connectivity index (χ1n) is 3.77. The minimum absolute atomic E-state index is 0.218. The second-order valence-electron chi connectivity index (χ2n) is 2.88. The van der Waals surface area contributed by atoms with Gasteiger partial charge in [0.25, 0.3) is 0 Å². The lowest BCUT2D eigenvalue weighted by molar-refractivity contribution is 0.0447. The van der Waals surface area contributed by atoms with Crippen molar-refractivity contribution < 1.29 is 14.1 Å². The molecule has 0 aliphatic carbocycles. The Hall–Kier alpha value is -1.32. The molecule has 0 saturated carbocycles. The number of nitrogens with zero attached hydrogens (tertiary/aromatic N) is 1. The fraction of sp³-hybridized carbons (Fsp3) is 0.500. The molecule has 1 aromatic heterocycles. The molecule has 12 heavy (non-hydrogen) atoms. The van der Waals surface area contributed by atoms with E-state index in [1.54, 1.807) is 0 Å². The highest BCUT2D eigenvalue weighted by molar-refractivity contribution is 5.86. The van der Waals surface area contributed by atoms with Crippen LogP contribution in [0.2, 0.25) is 0 Å². The molecule has 4 heteroatoms. The molecule has 0 fully saturated rings. The van der Waals surface area contributed by atoms with Crippen molar-refractivity contribution in [3.8, 4) is 0 Å². The fourth-order valence-electron chi connectivity index (χ4n) is 0.634. The van der Waals surface area contributed by atoms with Gasteiger partial charge in [-0.15, -0.1) is 0 Å². The summed E-state index contributed by atoms with van der Waals surface area (Å²) in [6.45, 7) is 4.35. The van der Waals surface area contributed by atoms with E-state index < -0.39 is 5.97 Å². The van der Waals surface area contributed by atoms with Gasteiger partial charge in [0, 0.05) is 6.07 Å². The van der Waals surface area contributed by atoms with Gasteiger partial charge in [-0.3, -0.25) is 0 Å². The van der Waals surface area contributed by atoms with E-state index in [-0.39, 0.29) is 5.69 Å². The minimum Gasteiger partial charge on any atom is -0.461 e.